The Kier molecular flexibility index (Phi) is 4.55. The number of aryl methyl sites for hydroxylation is 1. The van der Waals surface area contributed by atoms with Gasteiger partial charge in [0.25, 0.3) is 5.91 Å². The number of fused-ring (bicyclic) bond motifs is 2. The number of anilines is 2. The largest absolute Gasteiger partial charge is 0.479 e. The molecule has 0 saturated carbocycles. The molecule has 152 valence electrons. The van der Waals surface area contributed by atoms with Crippen LogP contribution in [0.2, 0.25) is 0 Å². The minimum absolute atomic E-state index is 0.00395. The van der Waals surface area contributed by atoms with Crippen molar-refractivity contribution in [2.45, 2.75) is 26.4 Å². The first-order chi connectivity index (χ1) is 14.5. The normalized spacial score (nSPS) is 17.5. The van der Waals surface area contributed by atoms with Crippen LogP contribution in [0.5, 0.6) is 5.75 Å². The van der Waals surface area contributed by atoms with Crippen LogP contribution in [0.15, 0.2) is 47.8 Å². The van der Waals surface area contributed by atoms with Crippen molar-refractivity contribution in [2.75, 3.05) is 22.9 Å². The van der Waals surface area contributed by atoms with Crippen LogP contribution in [0, 0.1) is 6.92 Å². The second-order valence-corrected chi connectivity index (χ2v) is 8.61. The topological polar surface area (TPSA) is 62.7 Å². The minimum Gasteiger partial charge on any atom is -0.479 e. The molecule has 1 aromatic heterocycles. The molecule has 2 aliphatic rings. The van der Waals surface area contributed by atoms with Crippen molar-refractivity contribution >= 4 is 34.5 Å². The molecule has 0 spiro atoms. The second-order valence-electron chi connectivity index (χ2n) is 7.54. The molecule has 7 heteroatoms. The lowest BCUT2D eigenvalue weighted by molar-refractivity contribution is -0.127. The molecule has 0 radical (unpaired) electrons. The molecule has 0 aliphatic carbocycles. The van der Waals surface area contributed by atoms with Crippen molar-refractivity contribution in [3.05, 3.63) is 58.4 Å². The monoisotopic (exact) mass is 419 g/mol. The molecule has 0 unspecified atom stereocenters. The Morgan fingerprint density at radius 3 is 2.87 bits per heavy atom. The highest BCUT2D eigenvalue weighted by molar-refractivity contribution is 7.09. The third kappa shape index (κ3) is 3.15. The fourth-order valence-corrected chi connectivity index (χ4v) is 4.68. The highest BCUT2D eigenvalue weighted by Gasteiger charge is 2.34. The van der Waals surface area contributed by atoms with Crippen LogP contribution in [0.25, 0.3) is 11.3 Å². The van der Waals surface area contributed by atoms with Gasteiger partial charge in [-0.3, -0.25) is 14.5 Å². The van der Waals surface area contributed by atoms with Gasteiger partial charge in [0.05, 0.1) is 16.4 Å². The molecular formula is C23H21N3O3S. The predicted molar refractivity (Wildman–Crippen MR) is 117 cm³/mol. The van der Waals surface area contributed by atoms with E-state index in [0.29, 0.717) is 18.0 Å². The van der Waals surface area contributed by atoms with Crippen LogP contribution >= 0.6 is 11.3 Å². The summed E-state index contributed by atoms with van der Waals surface area (Å²) in [6, 6.07) is 13.5. The summed E-state index contributed by atoms with van der Waals surface area (Å²) in [5, 5.41) is 3.09. The molecule has 0 N–H and O–H groups in total. The van der Waals surface area contributed by atoms with Crippen molar-refractivity contribution in [2.24, 2.45) is 0 Å². The standard InChI is InChI=1S/C23H21N3O3S/c1-14-23(28)26(20-5-3-4-6-21(20)29-14)12-22(27)25-10-9-17-11-16(7-8-19(17)25)18-13-30-15(2)24-18/h3-8,11,13-14H,9-10,12H2,1-2H3/t14-/m0/s1. The van der Waals surface area contributed by atoms with E-state index >= 15 is 0 Å². The zero-order chi connectivity index (χ0) is 20.8. The fourth-order valence-electron chi connectivity index (χ4n) is 4.06. The Morgan fingerprint density at radius 2 is 2.07 bits per heavy atom. The maximum atomic E-state index is 13.2. The van der Waals surface area contributed by atoms with E-state index in [1.54, 1.807) is 23.2 Å². The summed E-state index contributed by atoms with van der Waals surface area (Å²) in [6.45, 7) is 4.32. The van der Waals surface area contributed by atoms with E-state index in [0.717, 1.165) is 33.9 Å². The first-order valence-electron chi connectivity index (χ1n) is 9.94. The summed E-state index contributed by atoms with van der Waals surface area (Å²) >= 11 is 1.63. The Labute approximate surface area is 178 Å². The van der Waals surface area contributed by atoms with Crippen LogP contribution in [-0.2, 0) is 16.0 Å². The van der Waals surface area contributed by atoms with Gasteiger partial charge >= 0.3 is 0 Å². The lowest BCUT2D eigenvalue weighted by Gasteiger charge is -2.33. The van der Waals surface area contributed by atoms with Crippen LogP contribution in [0.4, 0.5) is 11.4 Å². The van der Waals surface area contributed by atoms with E-state index in [1.165, 1.54) is 4.90 Å². The van der Waals surface area contributed by atoms with Crippen molar-refractivity contribution < 1.29 is 14.3 Å². The molecule has 2 aliphatic heterocycles. The van der Waals surface area contributed by atoms with Gasteiger partial charge in [0.15, 0.2) is 6.10 Å². The average Bonchev–Trinajstić information content (AvgIpc) is 3.37. The summed E-state index contributed by atoms with van der Waals surface area (Å²) in [5.41, 5.74) is 4.72. The average molecular weight is 420 g/mol. The van der Waals surface area contributed by atoms with Gasteiger partial charge in [0.2, 0.25) is 5.91 Å². The van der Waals surface area contributed by atoms with Crippen LogP contribution < -0.4 is 14.5 Å². The molecule has 5 rings (SSSR count). The molecule has 2 aromatic carbocycles. The second kappa shape index (κ2) is 7.25. The van der Waals surface area contributed by atoms with Gasteiger partial charge in [0, 0.05) is 23.2 Å². The number of carbonyl (C=O) groups excluding carboxylic acids is 2. The number of aromatic nitrogens is 1. The van der Waals surface area contributed by atoms with Crippen LogP contribution in [0.1, 0.15) is 17.5 Å². The summed E-state index contributed by atoms with van der Waals surface area (Å²) in [7, 11) is 0. The molecular weight excluding hydrogens is 398 g/mol. The number of para-hydroxylation sites is 2. The van der Waals surface area contributed by atoms with E-state index in [1.807, 2.05) is 43.3 Å². The maximum absolute atomic E-state index is 13.2. The van der Waals surface area contributed by atoms with E-state index < -0.39 is 6.10 Å². The number of ether oxygens (including phenoxy) is 1. The maximum Gasteiger partial charge on any atom is 0.268 e. The number of hydrogen-bond donors (Lipinski definition) is 0. The quantitative estimate of drug-likeness (QED) is 0.648. The van der Waals surface area contributed by atoms with Crippen molar-refractivity contribution in [3.63, 3.8) is 0 Å². The van der Waals surface area contributed by atoms with Crippen LogP contribution in [0.3, 0.4) is 0 Å². The van der Waals surface area contributed by atoms with E-state index in [9.17, 15) is 9.59 Å². The number of hydrogen-bond acceptors (Lipinski definition) is 5. The summed E-state index contributed by atoms with van der Waals surface area (Å²) in [6.07, 6.45) is 0.185. The number of carbonyl (C=O) groups is 2. The molecule has 30 heavy (non-hydrogen) atoms. The van der Waals surface area contributed by atoms with Gasteiger partial charge < -0.3 is 9.64 Å². The predicted octanol–water partition coefficient (Wildman–Crippen LogP) is 3.82. The highest BCUT2D eigenvalue weighted by Crippen LogP contribution is 2.35. The van der Waals surface area contributed by atoms with Gasteiger partial charge in [-0.1, -0.05) is 18.2 Å². The first kappa shape index (κ1) is 18.8. The third-order valence-electron chi connectivity index (χ3n) is 5.56. The Morgan fingerprint density at radius 1 is 1.23 bits per heavy atom. The van der Waals surface area contributed by atoms with Gasteiger partial charge in [-0.25, -0.2) is 4.98 Å². The van der Waals surface area contributed by atoms with Crippen molar-refractivity contribution in [1.29, 1.82) is 0 Å². The van der Waals surface area contributed by atoms with Crippen LogP contribution in [-0.4, -0.2) is 36.0 Å². The van der Waals surface area contributed by atoms with Gasteiger partial charge in [-0.2, -0.15) is 0 Å². The van der Waals surface area contributed by atoms with E-state index in [-0.39, 0.29) is 18.4 Å². The Hall–Kier alpha value is -3.19. The SMILES string of the molecule is Cc1nc(-c2ccc3c(c2)CCN3C(=O)CN2C(=O)[C@H](C)Oc3ccccc32)cs1. The van der Waals surface area contributed by atoms with Gasteiger partial charge in [0.1, 0.15) is 12.3 Å². The number of rotatable bonds is 3. The Balaban J connectivity index is 1.39. The number of nitrogens with zero attached hydrogens (tertiary/aromatic N) is 3. The summed E-state index contributed by atoms with van der Waals surface area (Å²) in [4.78, 5) is 33.8. The van der Waals surface area contributed by atoms with E-state index in [4.69, 9.17) is 4.74 Å². The molecule has 2 amide bonds. The lowest BCUT2D eigenvalue weighted by atomic mass is 10.1. The summed E-state index contributed by atoms with van der Waals surface area (Å²) in [5.74, 6) is 0.335. The molecule has 0 saturated heterocycles. The number of amides is 2. The number of benzene rings is 2. The van der Waals surface area contributed by atoms with Gasteiger partial charge in [-0.15, -0.1) is 11.3 Å². The molecule has 6 nitrogen and oxygen atoms in total. The number of thiazole rings is 1. The highest BCUT2D eigenvalue weighted by atomic mass is 32.1. The molecule has 1 atom stereocenters. The third-order valence-corrected chi connectivity index (χ3v) is 6.33. The molecule has 0 fully saturated rings. The molecule has 0 bridgehead atoms. The zero-order valence-electron chi connectivity index (χ0n) is 16.8. The van der Waals surface area contributed by atoms with E-state index in [2.05, 4.69) is 16.4 Å². The van der Waals surface area contributed by atoms with Crippen molar-refractivity contribution in [3.8, 4) is 17.0 Å². The zero-order valence-corrected chi connectivity index (χ0v) is 17.6. The first-order valence-corrected chi connectivity index (χ1v) is 10.8. The van der Waals surface area contributed by atoms with Crippen molar-refractivity contribution in [1.82, 2.24) is 4.98 Å². The van der Waals surface area contributed by atoms with Gasteiger partial charge in [-0.05, 0) is 50.1 Å². The fraction of sp³-hybridized carbons (Fsp3) is 0.261. The lowest BCUT2D eigenvalue weighted by Crippen LogP contribution is -2.49. The molecule has 3 aromatic rings. The molecule has 3 heterocycles. The Bertz CT molecular complexity index is 1160. The smallest absolute Gasteiger partial charge is 0.268 e. The summed E-state index contributed by atoms with van der Waals surface area (Å²) < 4.78 is 5.67. The minimum atomic E-state index is -0.609.